The van der Waals surface area contributed by atoms with E-state index in [-0.39, 0.29) is 5.91 Å². The highest BCUT2D eigenvalue weighted by molar-refractivity contribution is 5.93. The Morgan fingerprint density at radius 2 is 2.17 bits per heavy atom. The van der Waals surface area contributed by atoms with Crippen LogP contribution in [-0.4, -0.2) is 52.4 Å². The highest BCUT2D eigenvalue weighted by Crippen LogP contribution is 2.26. The first-order valence-corrected chi connectivity index (χ1v) is 6.27. The smallest absolute Gasteiger partial charge is 0.295 e. The maximum absolute atomic E-state index is 12.3. The molecule has 0 saturated heterocycles. The summed E-state index contributed by atoms with van der Waals surface area (Å²) in [5, 5.41) is 5.90. The van der Waals surface area contributed by atoms with E-state index in [1.165, 1.54) is 5.06 Å². The van der Waals surface area contributed by atoms with Crippen LogP contribution in [0.15, 0.2) is 0 Å². The lowest BCUT2D eigenvalue weighted by atomic mass is 10.00. The molecule has 0 spiro atoms. The molecule has 18 heavy (non-hydrogen) atoms. The van der Waals surface area contributed by atoms with Crippen LogP contribution in [0.3, 0.4) is 0 Å². The predicted octanol–water partition coefficient (Wildman–Crippen LogP) is 0.277. The summed E-state index contributed by atoms with van der Waals surface area (Å²) in [5.41, 5.74) is 2.83. The minimum absolute atomic E-state index is 0.0933. The zero-order valence-corrected chi connectivity index (χ0v) is 11.0. The molecule has 2 aliphatic rings. The Kier molecular flexibility index (Phi) is 2.64. The zero-order valence-electron chi connectivity index (χ0n) is 11.0. The van der Waals surface area contributed by atoms with Gasteiger partial charge in [0.1, 0.15) is 5.69 Å². The Labute approximate surface area is 106 Å². The second-order valence-corrected chi connectivity index (χ2v) is 5.10. The minimum atomic E-state index is -0.0933. The molecule has 1 aromatic heterocycles. The highest BCUT2D eigenvalue weighted by atomic mass is 16.7. The van der Waals surface area contributed by atoms with Crippen molar-refractivity contribution in [3.8, 4) is 0 Å². The van der Waals surface area contributed by atoms with Gasteiger partial charge < -0.3 is 0 Å². The summed E-state index contributed by atoms with van der Waals surface area (Å²) in [6, 6.07) is 0.473. The van der Waals surface area contributed by atoms with Gasteiger partial charge in [-0.3, -0.25) is 19.2 Å². The van der Waals surface area contributed by atoms with Crippen molar-refractivity contribution in [3.63, 3.8) is 0 Å². The lowest BCUT2D eigenvalue weighted by Crippen LogP contribution is -2.36. The summed E-state index contributed by atoms with van der Waals surface area (Å²) in [6.45, 7) is 4.09. The summed E-state index contributed by atoms with van der Waals surface area (Å²) in [6.07, 6.45) is 0.906. The van der Waals surface area contributed by atoms with Gasteiger partial charge in [-0.25, -0.2) is 5.06 Å². The van der Waals surface area contributed by atoms with Gasteiger partial charge in [0.25, 0.3) is 5.91 Å². The van der Waals surface area contributed by atoms with Gasteiger partial charge >= 0.3 is 0 Å². The molecule has 1 aromatic rings. The highest BCUT2D eigenvalue weighted by Gasteiger charge is 2.32. The molecule has 0 N–H and O–H groups in total. The van der Waals surface area contributed by atoms with Crippen LogP contribution >= 0.6 is 0 Å². The number of likely N-dealkylation sites (N-methyl/N-ethyl adjacent to an activating group) is 1. The number of fused-ring (bicyclic) bond motifs is 3. The number of carbonyl (C=O) groups excluding carboxylic acids is 1. The minimum Gasteiger partial charge on any atom is -0.299 e. The van der Waals surface area contributed by atoms with Gasteiger partial charge in [0.05, 0.1) is 18.8 Å². The molecule has 6 heteroatoms. The maximum Gasteiger partial charge on any atom is 0.295 e. The molecule has 1 atom stereocenters. The quantitative estimate of drug-likeness (QED) is 0.663. The van der Waals surface area contributed by atoms with E-state index in [2.05, 4.69) is 24.0 Å². The molecule has 0 aliphatic carbocycles. The number of hydrogen-bond acceptors (Lipinski definition) is 4. The van der Waals surface area contributed by atoms with Crippen LogP contribution in [0.2, 0.25) is 0 Å². The Balaban J connectivity index is 2.08. The molecule has 3 heterocycles. The molecule has 0 fully saturated rings. The SMILES string of the molecule is C[C@@H]1Cc2nn3c(c2CN1C)C(=O)N(C)OCC3. The first-order valence-electron chi connectivity index (χ1n) is 6.27. The van der Waals surface area contributed by atoms with Crippen molar-refractivity contribution in [1.29, 1.82) is 0 Å². The average Bonchev–Trinajstić information content (AvgIpc) is 2.59. The number of rotatable bonds is 0. The number of carbonyl (C=O) groups is 1. The van der Waals surface area contributed by atoms with Crippen LogP contribution in [0, 0.1) is 0 Å². The van der Waals surface area contributed by atoms with E-state index in [0.717, 1.165) is 24.2 Å². The van der Waals surface area contributed by atoms with Crippen LogP contribution in [0.5, 0.6) is 0 Å². The molecular weight excluding hydrogens is 232 g/mol. The third-order valence-electron chi connectivity index (χ3n) is 3.86. The largest absolute Gasteiger partial charge is 0.299 e. The van der Waals surface area contributed by atoms with Gasteiger partial charge in [-0.05, 0) is 14.0 Å². The lowest BCUT2D eigenvalue weighted by Gasteiger charge is -2.29. The molecule has 0 unspecified atom stereocenters. The van der Waals surface area contributed by atoms with E-state index in [1.807, 2.05) is 4.68 Å². The Hall–Kier alpha value is -1.40. The van der Waals surface area contributed by atoms with E-state index >= 15 is 0 Å². The van der Waals surface area contributed by atoms with Crippen LogP contribution in [0.4, 0.5) is 0 Å². The fourth-order valence-electron chi connectivity index (χ4n) is 2.59. The summed E-state index contributed by atoms with van der Waals surface area (Å²) >= 11 is 0. The van der Waals surface area contributed by atoms with Crippen molar-refractivity contribution in [3.05, 3.63) is 17.0 Å². The van der Waals surface area contributed by atoms with Crippen molar-refractivity contribution < 1.29 is 9.63 Å². The van der Waals surface area contributed by atoms with E-state index in [4.69, 9.17) is 4.84 Å². The number of hydroxylamine groups is 2. The van der Waals surface area contributed by atoms with Crippen LogP contribution < -0.4 is 0 Å². The van der Waals surface area contributed by atoms with Gasteiger partial charge in [0, 0.05) is 31.6 Å². The van der Waals surface area contributed by atoms with Crippen molar-refractivity contribution in [2.24, 2.45) is 0 Å². The van der Waals surface area contributed by atoms with Crippen LogP contribution in [0.25, 0.3) is 0 Å². The first kappa shape index (κ1) is 11.7. The zero-order chi connectivity index (χ0) is 12.9. The fourth-order valence-corrected chi connectivity index (χ4v) is 2.59. The van der Waals surface area contributed by atoms with Crippen LogP contribution in [-0.2, 0) is 24.3 Å². The van der Waals surface area contributed by atoms with Gasteiger partial charge in [0.15, 0.2) is 0 Å². The van der Waals surface area contributed by atoms with Gasteiger partial charge in [-0.15, -0.1) is 0 Å². The Morgan fingerprint density at radius 1 is 1.39 bits per heavy atom. The van der Waals surface area contributed by atoms with Gasteiger partial charge in [-0.1, -0.05) is 0 Å². The molecular formula is C12H18N4O2. The molecule has 0 bridgehead atoms. The van der Waals surface area contributed by atoms with Gasteiger partial charge in [0.2, 0.25) is 0 Å². The second-order valence-electron chi connectivity index (χ2n) is 5.10. The van der Waals surface area contributed by atoms with E-state index in [0.29, 0.717) is 24.9 Å². The first-order chi connectivity index (χ1) is 8.58. The monoisotopic (exact) mass is 250 g/mol. The maximum atomic E-state index is 12.3. The van der Waals surface area contributed by atoms with Crippen molar-refractivity contribution in [2.45, 2.75) is 32.5 Å². The third-order valence-corrected chi connectivity index (χ3v) is 3.86. The van der Waals surface area contributed by atoms with Crippen LogP contribution in [0.1, 0.15) is 28.7 Å². The molecule has 0 aromatic carbocycles. The topological polar surface area (TPSA) is 50.6 Å². The predicted molar refractivity (Wildman–Crippen MR) is 64.9 cm³/mol. The van der Waals surface area contributed by atoms with Crippen molar-refractivity contribution in [2.75, 3.05) is 20.7 Å². The van der Waals surface area contributed by atoms with Gasteiger partial charge in [-0.2, -0.15) is 5.10 Å². The molecule has 0 radical (unpaired) electrons. The molecule has 98 valence electrons. The summed E-state index contributed by atoms with van der Waals surface area (Å²) in [7, 11) is 3.74. The van der Waals surface area contributed by atoms with Crippen molar-refractivity contribution in [1.82, 2.24) is 19.7 Å². The fraction of sp³-hybridized carbons (Fsp3) is 0.667. The molecule has 3 rings (SSSR count). The molecule has 2 aliphatic heterocycles. The third kappa shape index (κ3) is 1.64. The van der Waals surface area contributed by atoms with E-state index < -0.39 is 0 Å². The second kappa shape index (κ2) is 4.07. The molecule has 0 saturated carbocycles. The number of nitrogens with zero attached hydrogens (tertiary/aromatic N) is 4. The van der Waals surface area contributed by atoms with Crippen molar-refractivity contribution >= 4 is 5.91 Å². The van der Waals surface area contributed by atoms with E-state index in [9.17, 15) is 4.79 Å². The lowest BCUT2D eigenvalue weighted by molar-refractivity contribution is -0.103. The standard InChI is InChI=1S/C12H18N4O2/c1-8-6-10-9(7-14(8)2)11-12(17)15(3)18-5-4-16(11)13-10/h8H,4-7H2,1-3H3/t8-/m1/s1. The summed E-state index contributed by atoms with van der Waals surface area (Å²) in [4.78, 5) is 19.8. The number of aromatic nitrogens is 2. The Morgan fingerprint density at radius 3 is 2.94 bits per heavy atom. The van der Waals surface area contributed by atoms with E-state index in [1.54, 1.807) is 7.05 Å². The summed E-state index contributed by atoms with van der Waals surface area (Å²) < 4.78 is 1.81. The average molecular weight is 250 g/mol. The number of hydrogen-bond donors (Lipinski definition) is 0. The number of amides is 1. The Bertz CT molecular complexity index is 497. The molecule has 1 amide bonds. The summed E-state index contributed by atoms with van der Waals surface area (Å²) in [5.74, 6) is -0.0933. The molecule has 6 nitrogen and oxygen atoms in total. The normalized spacial score (nSPS) is 24.7.